The molecule has 0 radical (unpaired) electrons. The van der Waals surface area contributed by atoms with E-state index < -0.39 is 4.92 Å². The van der Waals surface area contributed by atoms with Crippen molar-refractivity contribution < 1.29 is 19.2 Å². The van der Waals surface area contributed by atoms with Crippen LogP contribution in [-0.4, -0.2) is 18.3 Å². The van der Waals surface area contributed by atoms with E-state index in [1.54, 1.807) is 31.2 Å². The summed E-state index contributed by atoms with van der Waals surface area (Å²) in [5.41, 5.74) is 1.13. The van der Waals surface area contributed by atoms with Crippen molar-refractivity contribution in [3.63, 3.8) is 0 Å². The Balaban J connectivity index is 2.33. The molecule has 0 saturated heterocycles. The topological polar surface area (TPSA) is 78.7 Å². The number of aldehydes is 1. The highest BCUT2D eigenvalue weighted by Gasteiger charge is 2.16. The number of ether oxygens (including phenoxy) is 2. The number of hydrogen-bond acceptors (Lipinski definition) is 5. The van der Waals surface area contributed by atoms with Gasteiger partial charge in [-0.15, -0.1) is 0 Å². The van der Waals surface area contributed by atoms with Gasteiger partial charge in [-0.3, -0.25) is 14.9 Å². The van der Waals surface area contributed by atoms with E-state index in [0.717, 1.165) is 11.8 Å². The van der Waals surface area contributed by atoms with Gasteiger partial charge in [-0.1, -0.05) is 0 Å². The van der Waals surface area contributed by atoms with Crippen molar-refractivity contribution in [2.24, 2.45) is 0 Å². The lowest BCUT2D eigenvalue weighted by Gasteiger charge is -2.10. The molecule has 0 heterocycles. The van der Waals surface area contributed by atoms with Crippen LogP contribution >= 0.6 is 0 Å². The standard InChI is InChI=1S/C15H13NO5/c1-10-7-11(9-17)3-5-14(10)21-12-4-6-15(20-2)13(8-12)16(18)19/h3-9H,1-2H3. The van der Waals surface area contributed by atoms with E-state index in [1.807, 2.05) is 0 Å². The molecular formula is C15H13NO5. The lowest BCUT2D eigenvalue weighted by atomic mass is 10.1. The molecule has 0 atom stereocenters. The summed E-state index contributed by atoms with van der Waals surface area (Å²) in [5.74, 6) is 1.02. The number of carbonyl (C=O) groups excluding carboxylic acids is 1. The highest BCUT2D eigenvalue weighted by molar-refractivity contribution is 5.75. The monoisotopic (exact) mass is 287 g/mol. The molecule has 0 bridgehead atoms. The number of aryl methyl sites for hydroxylation is 1. The molecule has 0 aliphatic carbocycles. The van der Waals surface area contributed by atoms with E-state index in [2.05, 4.69) is 0 Å². The molecule has 0 unspecified atom stereocenters. The number of nitro benzene ring substituents is 1. The SMILES string of the molecule is COc1ccc(Oc2ccc(C=O)cc2C)cc1[N+](=O)[O-]. The molecule has 6 heteroatoms. The molecule has 0 N–H and O–H groups in total. The van der Waals surface area contributed by atoms with Gasteiger partial charge in [-0.05, 0) is 42.8 Å². The van der Waals surface area contributed by atoms with E-state index in [0.29, 0.717) is 17.1 Å². The molecule has 0 fully saturated rings. The summed E-state index contributed by atoms with van der Waals surface area (Å²) >= 11 is 0. The largest absolute Gasteiger partial charge is 0.490 e. The zero-order valence-corrected chi connectivity index (χ0v) is 11.5. The summed E-state index contributed by atoms with van der Waals surface area (Å²) in [7, 11) is 1.37. The van der Waals surface area contributed by atoms with Crippen molar-refractivity contribution in [1.82, 2.24) is 0 Å². The minimum atomic E-state index is -0.534. The van der Waals surface area contributed by atoms with Crippen LogP contribution < -0.4 is 9.47 Å². The first kappa shape index (κ1) is 14.5. The average molecular weight is 287 g/mol. The Hall–Kier alpha value is -2.89. The maximum Gasteiger partial charge on any atom is 0.314 e. The van der Waals surface area contributed by atoms with E-state index in [4.69, 9.17) is 9.47 Å². The van der Waals surface area contributed by atoms with Gasteiger partial charge in [0.25, 0.3) is 0 Å². The fourth-order valence-corrected chi connectivity index (χ4v) is 1.86. The summed E-state index contributed by atoms with van der Waals surface area (Å²) in [5, 5.41) is 11.0. The Morgan fingerprint density at radius 1 is 1.14 bits per heavy atom. The Bertz CT molecular complexity index is 696. The third kappa shape index (κ3) is 3.17. The number of nitrogens with zero attached hydrogens (tertiary/aromatic N) is 1. The van der Waals surface area contributed by atoms with Crippen LogP contribution in [0.3, 0.4) is 0 Å². The molecule has 2 rings (SSSR count). The Kier molecular flexibility index (Phi) is 4.18. The second kappa shape index (κ2) is 6.04. The lowest BCUT2D eigenvalue weighted by molar-refractivity contribution is -0.385. The first-order chi connectivity index (χ1) is 10.0. The van der Waals surface area contributed by atoms with E-state index in [9.17, 15) is 14.9 Å². The number of rotatable bonds is 5. The van der Waals surface area contributed by atoms with Crippen LogP contribution in [0.15, 0.2) is 36.4 Å². The summed E-state index contributed by atoms with van der Waals surface area (Å²) in [6, 6.07) is 9.30. The fraction of sp³-hybridized carbons (Fsp3) is 0.133. The highest BCUT2D eigenvalue weighted by atomic mass is 16.6. The smallest absolute Gasteiger partial charge is 0.314 e. The zero-order valence-electron chi connectivity index (χ0n) is 11.5. The Morgan fingerprint density at radius 2 is 1.86 bits per heavy atom. The molecule has 0 saturated carbocycles. The molecule has 2 aromatic rings. The molecule has 21 heavy (non-hydrogen) atoms. The van der Waals surface area contributed by atoms with Gasteiger partial charge in [-0.2, -0.15) is 0 Å². The van der Waals surface area contributed by atoms with Gasteiger partial charge in [0.15, 0.2) is 5.75 Å². The van der Waals surface area contributed by atoms with Crippen LogP contribution in [-0.2, 0) is 0 Å². The van der Waals surface area contributed by atoms with Gasteiger partial charge in [0.05, 0.1) is 18.1 Å². The summed E-state index contributed by atoms with van der Waals surface area (Å²) in [6.07, 6.45) is 0.745. The molecule has 0 amide bonds. The Labute approximate surface area is 121 Å². The minimum absolute atomic E-state index is 0.167. The van der Waals surface area contributed by atoms with Gasteiger partial charge < -0.3 is 9.47 Å². The van der Waals surface area contributed by atoms with E-state index in [1.165, 1.54) is 19.2 Å². The third-order valence-corrected chi connectivity index (χ3v) is 2.91. The first-order valence-electron chi connectivity index (χ1n) is 6.11. The number of hydrogen-bond donors (Lipinski definition) is 0. The molecule has 108 valence electrons. The van der Waals surface area contributed by atoms with Crippen molar-refractivity contribution in [3.8, 4) is 17.2 Å². The minimum Gasteiger partial charge on any atom is -0.490 e. The summed E-state index contributed by atoms with van der Waals surface area (Å²) < 4.78 is 10.6. The maximum atomic E-state index is 11.0. The van der Waals surface area contributed by atoms with Crippen LogP contribution in [0.1, 0.15) is 15.9 Å². The van der Waals surface area contributed by atoms with Crippen molar-refractivity contribution in [2.75, 3.05) is 7.11 Å². The zero-order chi connectivity index (χ0) is 15.4. The third-order valence-electron chi connectivity index (χ3n) is 2.91. The molecule has 0 spiro atoms. The normalized spacial score (nSPS) is 10.0. The van der Waals surface area contributed by atoms with Gasteiger partial charge >= 0.3 is 5.69 Å². The van der Waals surface area contributed by atoms with E-state index >= 15 is 0 Å². The summed E-state index contributed by atoms with van der Waals surface area (Å²) in [6.45, 7) is 1.79. The van der Waals surface area contributed by atoms with Crippen LogP contribution in [0.25, 0.3) is 0 Å². The van der Waals surface area contributed by atoms with Crippen LogP contribution in [0, 0.1) is 17.0 Å². The molecule has 0 aliphatic heterocycles. The van der Waals surface area contributed by atoms with Gasteiger partial charge in [0.1, 0.15) is 17.8 Å². The molecule has 2 aromatic carbocycles. The average Bonchev–Trinajstić information content (AvgIpc) is 2.49. The molecule has 0 aromatic heterocycles. The quantitative estimate of drug-likeness (QED) is 0.477. The van der Waals surface area contributed by atoms with Crippen LogP contribution in [0.4, 0.5) is 5.69 Å². The predicted octanol–water partition coefficient (Wildman–Crippen LogP) is 3.52. The summed E-state index contributed by atoms with van der Waals surface area (Å²) in [4.78, 5) is 21.1. The van der Waals surface area contributed by atoms with Crippen molar-refractivity contribution >= 4 is 12.0 Å². The second-order valence-corrected chi connectivity index (χ2v) is 4.34. The van der Waals surface area contributed by atoms with Crippen molar-refractivity contribution in [3.05, 3.63) is 57.6 Å². The Morgan fingerprint density at radius 3 is 2.43 bits per heavy atom. The number of benzene rings is 2. The lowest BCUT2D eigenvalue weighted by Crippen LogP contribution is -1.95. The first-order valence-corrected chi connectivity index (χ1v) is 6.11. The van der Waals surface area contributed by atoms with Crippen molar-refractivity contribution in [1.29, 1.82) is 0 Å². The maximum absolute atomic E-state index is 11.0. The van der Waals surface area contributed by atoms with Crippen LogP contribution in [0.5, 0.6) is 17.2 Å². The number of carbonyl (C=O) groups is 1. The molecule has 6 nitrogen and oxygen atoms in total. The van der Waals surface area contributed by atoms with Gasteiger partial charge in [0, 0.05) is 5.56 Å². The van der Waals surface area contributed by atoms with Gasteiger partial charge in [-0.25, -0.2) is 0 Å². The number of nitro groups is 1. The molecular weight excluding hydrogens is 274 g/mol. The van der Waals surface area contributed by atoms with Crippen LogP contribution in [0.2, 0.25) is 0 Å². The van der Waals surface area contributed by atoms with Crippen molar-refractivity contribution in [2.45, 2.75) is 6.92 Å². The highest BCUT2D eigenvalue weighted by Crippen LogP contribution is 2.33. The number of methoxy groups -OCH3 is 1. The fourth-order valence-electron chi connectivity index (χ4n) is 1.86. The van der Waals surface area contributed by atoms with Gasteiger partial charge in [0.2, 0.25) is 0 Å². The second-order valence-electron chi connectivity index (χ2n) is 4.34. The van der Waals surface area contributed by atoms with E-state index in [-0.39, 0.29) is 11.4 Å². The predicted molar refractivity (Wildman–Crippen MR) is 76.3 cm³/mol. The molecule has 0 aliphatic rings.